The number of aliphatic hydroxyl groups excluding tert-OH is 1. The lowest BCUT2D eigenvalue weighted by Crippen LogP contribution is -3.15. The largest absolute Gasteiger partial charge is 0.491 e. The number of ether oxygens (including phenoxy) is 2. The number of halogens is 1. The molecule has 1 fully saturated rings. The van der Waals surface area contributed by atoms with Crippen LogP contribution in [-0.2, 0) is 4.74 Å². The maximum Gasteiger partial charge on any atom is 0.137 e. The zero-order chi connectivity index (χ0) is 12.8. The lowest BCUT2D eigenvalue weighted by atomic mass is 10.3. The second-order valence-corrected chi connectivity index (χ2v) is 4.92. The maximum absolute atomic E-state index is 9.90. The lowest BCUT2D eigenvalue weighted by molar-refractivity contribution is -0.911. The summed E-state index contributed by atoms with van der Waals surface area (Å²) in [5.41, 5.74) is 0. The molecule has 2 rings (SSSR count). The van der Waals surface area contributed by atoms with Gasteiger partial charge in [-0.2, -0.15) is 0 Å². The minimum absolute atomic E-state index is 0.311. The minimum atomic E-state index is -0.450. The van der Waals surface area contributed by atoms with Crippen molar-refractivity contribution in [2.75, 3.05) is 39.5 Å². The highest BCUT2D eigenvalue weighted by Gasteiger charge is 2.18. The summed E-state index contributed by atoms with van der Waals surface area (Å²) in [6, 6.07) is 7.15. The van der Waals surface area contributed by atoms with Crippen LogP contribution in [0, 0.1) is 0 Å². The molecule has 0 radical (unpaired) electrons. The number of hydrogen-bond acceptors (Lipinski definition) is 3. The molecule has 100 valence electrons. The third-order valence-corrected chi connectivity index (χ3v) is 3.23. The van der Waals surface area contributed by atoms with E-state index in [9.17, 15) is 5.11 Å². The second kappa shape index (κ2) is 6.95. The van der Waals surface area contributed by atoms with Crippen molar-refractivity contribution in [3.8, 4) is 5.75 Å². The molecule has 1 aromatic rings. The molecular formula is C13H19ClNO3+. The molecule has 0 spiro atoms. The van der Waals surface area contributed by atoms with Crippen LogP contribution >= 0.6 is 11.6 Å². The van der Waals surface area contributed by atoms with Gasteiger partial charge in [0, 0.05) is 5.02 Å². The Morgan fingerprint density at radius 1 is 1.28 bits per heavy atom. The van der Waals surface area contributed by atoms with Crippen molar-refractivity contribution in [1.82, 2.24) is 0 Å². The van der Waals surface area contributed by atoms with Gasteiger partial charge in [0.15, 0.2) is 0 Å². The highest BCUT2D eigenvalue weighted by molar-refractivity contribution is 6.30. The van der Waals surface area contributed by atoms with Gasteiger partial charge in [-0.3, -0.25) is 0 Å². The smallest absolute Gasteiger partial charge is 0.137 e. The van der Waals surface area contributed by atoms with Gasteiger partial charge in [0.05, 0.1) is 13.2 Å². The number of quaternary nitrogens is 1. The lowest BCUT2D eigenvalue weighted by Gasteiger charge is -2.25. The summed E-state index contributed by atoms with van der Waals surface area (Å²) in [7, 11) is 0. The number of hydrogen-bond donors (Lipinski definition) is 2. The molecule has 0 amide bonds. The Kier molecular flexibility index (Phi) is 5.26. The molecule has 4 nitrogen and oxygen atoms in total. The predicted octanol–water partition coefficient (Wildman–Crippen LogP) is -0.00520. The molecule has 0 bridgehead atoms. The van der Waals surface area contributed by atoms with E-state index in [1.165, 1.54) is 4.90 Å². The third-order valence-electron chi connectivity index (χ3n) is 2.98. The van der Waals surface area contributed by atoms with E-state index in [-0.39, 0.29) is 0 Å². The summed E-state index contributed by atoms with van der Waals surface area (Å²) >= 11 is 5.78. The Morgan fingerprint density at radius 2 is 1.94 bits per heavy atom. The molecule has 1 atom stereocenters. The number of aliphatic hydroxyl groups is 1. The van der Waals surface area contributed by atoms with E-state index in [1.54, 1.807) is 24.3 Å². The van der Waals surface area contributed by atoms with Crippen molar-refractivity contribution in [2.24, 2.45) is 0 Å². The van der Waals surface area contributed by atoms with Crippen LogP contribution in [0.2, 0.25) is 5.02 Å². The number of morpholine rings is 1. The summed E-state index contributed by atoms with van der Waals surface area (Å²) in [6.07, 6.45) is -0.450. The molecule has 1 aliphatic rings. The molecule has 1 heterocycles. The topological polar surface area (TPSA) is 43.1 Å². The first-order chi connectivity index (χ1) is 8.74. The van der Waals surface area contributed by atoms with E-state index in [2.05, 4.69) is 0 Å². The summed E-state index contributed by atoms with van der Waals surface area (Å²) in [6.45, 7) is 4.49. The van der Waals surface area contributed by atoms with Gasteiger partial charge in [-0.05, 0) is 24.3 Å². The van der Waals surface area contributed by atoms with Gasteiger partial charge >= 0.3 is 0 Å². The first-order valence-electron chi connectivity index (χ1n) is 6.22. The van der Waals surface area contributed by atoms with Gasteiger partial charge in [0.25, 0.3) is 0 Å². The van der Waals surface area contributed by atoms with Crippen LogP contribution in [0.3, 0.4) is 0 Å². The third kappa shape index (κ3) is 4.46. The second-order valence-electron chi connectivity index (χ2n) is 4.49. The molecule has 18 heavy (non-hydrogen) atoms. The van der Waals surface area contributed by atoms with Gasteiger partial charge in [0.2, 0.25) is 0 Å². The van der Waals surface area contributed by atoms with Crippen molar-refractivity contribution in [2.45, 2.75) is 6.10 Å². The van der Waals surface area contributed by atoms with E-state index in [4.69, 9.17) is 21.1 Å². The number of benzene rings is 1. The molecule has 0 unspecified atom stereocenters. The van der Waals surface area contributed by atoms with Crippen molar-refractivity contribution < 1.29 is 19.5 Å². The SMILES string of the molecule is O[C@@H](COc1ccc(Cl)cc1)C[NH+]1CCOCC1. The van der Waals surface area contributed by atoms with E-state index >= 15 is 0 Å². The molecule has 0 aliphatic carbocycles. The molecule has 5 heteroatoms. The van der Waals surface area contributed by atoms with Gasteiger partial charge < -0.3 is 19.5 Å². The average Bonchev–Trinajstić information content (AvgIpc) is 2.39. The quantitative estimate of drug-likeness (QED) is 0.793. The van der Waals surface area contributed by atoms with E-state index in [0.717, 1.165) is 32.1 Å². The van der Waals surface area contributed by atoms with Crippen molar-refractivity contribution in [3.05, 3.63) is 29.3 Å². The van der Waals surface area contributed by atoms with Crippen molar-refractivity contribution >= 4 is 11.6 Å². The first-order valence-corrected chi connectivity index (χ1v) is 6.59. The standard InChI is InChI=1S/C13H18ClNO3/c14-11-1-3-13(4-2-11)18-10-12(16)9-15-5-7-17-8-6-15/h1-4,12,16H,5-10H2/p+1/t12-/m1/s1. The van der Waals surface area contributed by atoms with Gasteiger partial charge in [-0.1, -0.05) is 11.6 Å². The van der Waals surface area contributed by atoms with Crippen molar-refractivity contribution in [1.29, 1.82) is 0 Å². The highest BCUT2D eigenvalue weighted by Crippen LogP contribution is 2.15. The fraction of sp³-hybridized carbons (Fsp3) is 0.538. The number of nitrogens with one attached hydrogen (secondary N) is 1. The van der Waals surface area contributed by atoms with Crippen LogP contribution in [0.15, 0.2) is 24.3 Å². The Hall–Kier alpha value is -0.810. The summed E-state index contributed by atoms with van der Waals surface area (Å²) < 4.78 is 10.8. The van der Waals surface area contributed by atoms with Crippen LogP contribution in [0.1, 0.15) is 0 Å². The van der Waals surface area contributed by atoms with Crippen LogP contribution in [0.25, 0.3) is 0 Å². The van der Waals surface area contributed by atoms with E-state index in [0.29, 0.717) is 18.2 Å². The maximum atomic E-state index is 9.90. The van der Waals surface area contributed by atoms with Gasteiger partial charge in [0.1, 0.15) is 38.1 Å². The Labute approximate surface area is 112 Å². The van der Waals surface area contributed by atoms with Crippen LogP contribution < -0.4 is 9.64 Å². The predicted molar refractivity (Wildman–Crippen MR) is 69.3 cm³/mol. The zero-order valence-corrected chi connectivity index (χ0v) is 11.0. The molecule has 1 saturated heterocycles. The normalized spacial score (nSPS) is 18.6. The molecule has 1 aliphatic heterocycles. The van der Waals surface area contributed by atoms with Crippen LogP contribution in [-0.4, -0.2) is 50.7 Å². The van der Waals surface area contributed by atoms with Crippen LogP contribution in [0.5, 0.6) is 5.75 Å². The summed E-state index contributed by atoms with van der Waals surface area (Å²) in [5, 5.41) is 10.6. The summed E-state index contributed by atoms with van der Waals surface area (Å²) in [5.74, 6) is 0.732. The van der Waals surface area contributed by atoms with Gasteiger partial charge in [-0.15, -0.1) is 0 Å². The molecule has 0 saturated carbocycles. The molecular weight excluding hydrogens is 254 g/mol. The number of rotatable bonds is 5. The Morgan fingerprint density at radius 3 is 2.61 bits per heavy atom. The summed E-state index contributed by atoms with van der Waals surface area (Å²) in [4.78, 5) is 1.37. The fourth-order valence-corrected chi connectivity index (χ4v) is 2.11. The fourth-order valence-electron chi connectivity index (χ4n) is 1.98. The first kappa shape index (κ1) is 13.6. The Bertz CT molecular complexity index is 352. The van der Waals surface area contributed by atoms with Crippen LogP contribution in [0.4, 0.5) is 0 Å². The molecule has 1 aromatic carbocycles. The monoisotopic (exact) mass is 272 g/mol. The van der Waals surface area contributed by atoms with E-state index < -0.39 is 6.10 Å². The van der Waals surface area contributed by atoms with E-state index in [1.807, 2.05) is 0 Å². The van der Waals surface area contributed by atoms with Crippen molar-refractivity contribution in [3.63, 3.8) is 0 Å². The molecule has 0 aromatic heterocycles. The zero-order valence-electron chi connectivity index (χ0n) is 10.3. The highest BCUT2D eigenvalue weighted by atomic mass is 35.5. The Balaban J connectivity index is 1.70. The average molecular weight is 273 g/mol. The molecule has 2 N–H and O–H groups in total. The minimum Gasteiger partial charge on any atom is -0.491 e. The van der Waals surface area contributed by atoms with Gasteiger partial charge in [-0.25, -0.2) is 0 Å².